The number of carbonyl (C=O) groups is 1. The molecule has 0 amide bonds. The average molecular weight is 390 g/mol. The van der Waals surface area contributed by atoms with Crippen LogP contribution in [0.2, 0.25) is 5.02 Å². The number of thiazole rings is 1. The zero-order chi connectivity index (χ0) is 18.4. The summed E-state index contributed by atoms with van der Waals surface area (Å²) in [6, 6.07) is 14.6. The normalized spacial score (nSPS) is 10.4. The van der Waals surface area contributed by atoms with E-state index in [1.165, 1.54) is 11.3 Å². The minimum Gasteiger partial charge on any atom is -0.497 e. The summed E-state index contributed by atoms with van der Waals surface area (Å²) in [6.45, 7) is -0.115. The van der Waals surface area contributed by atoms with Crippen molar-refractivity contribution in [3.8, 4) is 22.1 Å². The Balaban J connectivity index is 1.51. The molecular formula is C19H16ClNO4S. The number of methoxy groups -OCH3 is 1. The number of esters is 1. The number of hydrogen-bond acceptors (Lipinski definition) is 6. The van der Waals surface area contributed by atoms with Gasteiger partial charge in [0.15, 0.2) is 6.61 Å². The fourth-order valence-corrected chi connectivity index (χ4v) is 3.13. The highest BCUT2D eigenvalue weighted by atomic mass is 35.5. The summed E-state index contributed by atoms with van der Waals surface area (Å²) in [5.41, 5.74) is 1.67. The monoisotopic (exact) mass is 389 g/mol. The number of para-hydroxylation sites is 1. The topological polar surface area (TPSA) is 57.7 Å². The molecule has 0 aliphatic heterocycles. The molecule has 0 atom stereocenters. The number of rotatable bonds is 7. The third-order valence-corrected chi connectivity index (χ3v) is 4.70. The number of hydrogen-bond donors (Lipinski definition) is 0. The molecule has 0 aliphatic rings. The molecule has 0 fully saturated rings. The predicted molar refractivity (Wildman–Crippen MR) is 101 cm³/mol. The van der Waals surface area contributed by atoms with Crippen molar-refractivity contribution in [1.29, 1.82) is 0 Å². The molecule has 134 valence electrons. The smallest absolute Gasteiger partial charge is 0.344 e. The van der Waals surface area contributed by atoms with E-state index in [1.807, 2.05) is 29.6 Å². The second-order valence-corrected chi connectivity index (χ2v) is 6.52. The van der Waals surface area contributed by atoms with Gasteiger partial charge >= 0.3 is 5.97 Å². The quantitative estimate of drug-likeness (QED) is 0.553. The van der Waals surface area contributed by atoms with Gasteiger partial charge in [-0.25, -0.2) is 9.78 Å². The Morgan fingerprint density at radius 2 is 1.92 bits per heavy atom. The van der Waals surface area contributed by atoms with E-state index in [2.05, 4.69) is 4.98 Å². The van der Waals surface area contributed by atoms with Crippen LogP contribution in [0.1, 0.15) is 5.69 Å². The van der Waals surface area contributed by atoms with Gasteiger partial charge in [0, 0.05) is 10.9 Å². The van der Waals surface area contributed by atoms with Gasteiger partial charge in [0.25, 0.3) is 0 Å². The summed E-state index contributed by atoms with van der Waals surface area (Å²) in [4.78, 5) is 16.3. The summed E-state index contributed by atoms with van der Waals surface area (Å²) in [7, 11) is 1.63. The molecule has 3 rings (SSSR count). The molecule has 0 saturated heterocycles. The Bertz CT molecular complexity index is 879. The molecule has 7 heteroatoms. The van der Waals surface area contributed by atoms with E-state index in [1.54, 1.807) is 31.4 Å². The van der Waals surface area contributed by atoms with Crippen molar-refractivity contribution >= 4 is 28.9 Å². The van der Waals surface area contributed by atoms with Crippen molar-refractivity contribution in [2.45, 2.75) is 6.61 Å². The molecule has 5 nitrogen and oxygen atoms in total. The van der Waals surface area contributed by atoms with E-state index in [4.69, 9.17) is 25.8 Å². The second-order valence-electron chi connectivity index (χ2n) is 5.25. The van der Waals surface area contributed by atoms with Crippen LogP contribution in [-0.4, -0.2) is 24.7 Å². The van der Waals surface area contributed by atoms with Crippen molar-refractivity contribution in [1.82, 2.24) is 4.98 Å². The Kier molecular flexibility index (Phi) is 6.09. The fraction of sp³-hybridized carbons (Fsp3) is 0.158. The van der Waals surface area contributed by atoms with E-state index in [0.29, 0.717) is 16.5 Å². The van der Waals surface area contributed by atoms with Gasteiger partial charge in [-0.2, -0.15) is 0 Å². The Labute approximate surface area is 160 Å². The SMILES string of the molecule is COc1ccc(-c2nc(COC(=O)COc3ccccc3Cl)cs2)cc1. The lowest BCUT2D eigenvalue weighted by molar-refractivity contribution is -0.147. The average Bonchev–Trinajstić information content (AvgIpc) is 3.15. The summed E-state index contributed by atoms with van der Waals surface area (Å²) in [5.74, 6) is 0.753. The minimum absolute atomic E-state index is 0.0946. The van der Waals surface area contributed by atoms with E-state index in [9.17, 15) is 4.79 Å². The van der Waals surface area contributed by atoms with Crippen molar-refractivity contribution in [3.63, 3.8) is 0 Å². The first-order valence-corrected chi connectivity index (χ1v) is 9.03. The molecule has 0 unspecified atom stereocenters. The first-order valence-electron chi connectivity index (χ1n) is 7.77. The van der Waals surface area contributed by atoms with Crippen LogP contribution in [0.15, 0.2) is 53.9 Å². The van der Waals surface area contributed by atoms with E-state index in [0.717, 1.165) is 16.3 Å². The Morgan fingerprint density at radius 1 is 1.15 bits per heavy atom. The predicted octanol–water partition coefficient (Wildman–Crippen LogP) is 4.59. The third kappa shape index (κ3) is 4.74. The van der Waals surface area contributed by atoms with Crippen LogP contribution in [0.5, 0.6) is 11.5 Å². The molecule has 0 spiro atoms. The van der Waals surface area contributed by atoms with Crippen molar-refractivity contribution in [2.75, 3.05) is 13.7 Å². The van der Waals surface area contributed by atoms with Gasteiger partial charge in [-0.3, -0.25) is 0 Å². The van der Waals surface area contributed by atoms with Crippen molar-refractivity contribution in [3.05, 3.63) is 64.6 Å². The van der Waals surface area contributed by atoms with E-state index in [-0.39, 0.29) is 13.2 Å². The number of aromatic nitrogens is 1. The van der Waals surface area contributed by atoms with Crippen LogP contribution in [0.3, 0.4) is 0 Å². The van der Waals surface area contributed by atoms with Gasteiger partial charge in [-0.1, -0.05) is 23.7 Å². The molecular weight excluding hydrogens is 374 g/mol. The van der Waals surface area contributed by atoms with Crippen LogP contribution < -0.4 is 9.47 Å². The van der Waals surface area contributed by atoms with Crippen LogP contribution in [0.25, 0.3) is 10.6 Å². The first kappa shape index (κ1) is 18.2. The molecule has 0 bridgehead atoms. The summed E-state index contributed by atoms with van der Waals surface area (Å²) in [5, 5.41) is 3.16. The molecule has 1 aromatic heterocycles. The number of carbonyl (C=O) groups excluding carboxylic acids is 1. The zero-order valence-corrected chi connectivity index (χ0v) is 15.5. The minimum atomic E-state index is -0.482. The maximum absolute atomic E-state index is 11.8. The lowest BCUT2D eigenvalue weighted by atomic mass is 10.2. The molecule has 26 heavy (non-hydrogen) atoms. The molecule has 0 radical (unpaired) electrons. The number of nitrogens with zero attached hydrogens (tertiary/aromatic N) is 1. The number of halogens is 1. The van der Waals surface area contributed by atoms with E-state index >= 15 is 0 Å². The molecule has 2 aromatic carbocycles. The standard InChI is InChI=1S/C19H16ClNO4S/c1-23-15-8-6-13(7-9-15)19-21-14(12-26-19)10-25-18(22)11-24-17-5-3-2-4-16(17)20/h2-9,12H,10-11H2,1H3. The van der Waals surface area contributed by atoms with Gasteiger partial charge in [-0.15, -0.1) is 11.3 Å². The summed E-state index contributed by atoms with van der Waals surface area (Å²) in [6.07, 6.45) is 0. The molecule has 3 aromatic rings. The highest BCUT2D eigenvalue weighted by Gasteiger charge is 2.10. The highest BCUT2D eigenvalue weighted by Crippen LogP contribution is 2.26. The van der Waals surface area contributed by atoms with Gasteiger partial charge < -0.3 is 14.2 Å². The van der Waals surface area contributed by atoms with Crippen LogP contribution in [-0.2, 0) is 16.1 Å². The largest absolute Gasteiger partial charge is 0.497 e. The Morgan fingerprint density at radius 3 is 2.65 bits per heavy atom. The number of ether oxygens (including phenoxy) is 3. The summed E-state index contributed by atoms with van der Waals surface area (Å²) < 4.78 is 15.7. The van der Waals surface area contributed by atoms with Crippen LogP contribution in [0.4, 0.5) is 0 Å². The van der Waals surface area contributed by atoms with Crippen LogP contribution >= 0.6 is 22.9 Å². The number of benzene rings is 2. The van der Waals surface area contributed by atoms with Gasteiger partial charge in [0.1, 0.15) is 23.1 Å². The van der Waals surface area contributed by atoms with Gasteiger partial charge in [0.2, 0.25) is 0 Å². The first-order chi connectivity index (χ1) is 12.7. The van der Waals surface area contributed by atoms with Crippen molar-refractivity contribution in [2.24, 2.45) is 0 Å². The lowest BCUT2D eigenvalue weighted by Crippen LogP contribution is -2.15. The van der Waals surface area contributed by atoms with E-state index < -0.39 is 5.97 Å². The zero-order valence-electron chi connectivity index (χ0n) is 14.0. The van der Waals surface area contributed by atoms with Crippen LogP contribution in [0, 0.1) is 0 Å². The highest BCUT2D eigenvalue weighted by molar-refractivity contribution is 7.13. The Hall–Kier alpha value is -2.57. The van der Waals surface area contributed by atoms with Gasteiger partial charge in [0.05, 0.1) is 17.8 Å². The second kappa shape index (κ2) is 8.69. The third-order valence-electron chi connectivity index (χ3n) is 3.45. The van der Waals surface area contributed by atoms with Crippen molar-refractivity contribution < 1.29 is 19.0 Å². The summed E-state index contributed by atoms with van der Waals surface area (Å²) >= 11 is 7.46. The fourth-order valence-electron chi connectivity index (χ4n) is 2.13. The molecule has 0 N–H and O–H groups in total. The molecule has 1 heterocycles. The molecule has 0 saturated carbocycles. The maximum atomic E-state index is 11.8. The molecule has 0 aliphatic carbocycles. The maximum Gasteiger partial charge on any atom is 0.344 e. The van der Waals surface area contributed by atoms with Gasteiger partial charge in [-0.05, 0) is 36.4 Å². The lowest BCUT2D eigenvalue weighted by Gasteiger charge is -2.07.